The van der Waals surface area contributed by atoms with E-state index >= 15 is 0 Å². The first kappa shape index (κ1) is 14.9. The van der Waals surface area contributed by atoms with E-state index in [2.05, 4.69) is 10.6 Å². The third-order valence-electron chi connectivity index (χ3n) is 2.34. The van der Waals surface area contributed by atoms with Crippen LogP contribution in [0.15, 0.2) is 18.2 Å². The molecular weight excluding hydrogens is 249 g/mol. The maximum atomic E-state index is 13.1. The summed E-state index contributed by atoms with van der Waals surface area (Å²) >= 11 is 0. The van der Waals surface area contributed by atoms with Crippen molar-refractivity contribution in [2.75, 3.05) is 32.1 Å². The Kier molecular flexibility index (Phi) is 6.33. The second kappa shape index (κ2) is 8.06. The van der Waals surface area contributed by atoms with E-state index < -0.39 is 5.82 Å². The minimum Gasteiger partial charge on any atom is -0.384 e. The molecule has 0 aliphatic heterocycles. The molecule has 5 nitrogen and oxygen atoms in total. The van der Waals surface area contributed by atoms with Crippen LogP contribution in [0.1, 0.15) is 12.0 Å². The van der Waals surface area contributed by atoms with Gasteiger partial charge >= 0.3 is 0 Å². The fraction of sp³-hybridized carbons (Fsp3) is 0.385. The molecule has 0 bridgehead atoms. The molecule has 0 heterocycles. The van der Waals surface area contributed by atoms with Crippen molar-refractivity contribution in [3.8, 4) is 6.07 Å². The molecule has 1 aromatic carbocycles. The third-order valence-corrected chi connectivity index (χ3v) is 2.34. The minimum atomic E-state index is -0.480. The second-order valence-corrected chi connectivity index (χ2v) is 3.86. The number of carbonyl (C=O) groups excluding carboxylic acids is 1. The number of methoxy groups -OCH3 is 1. The van der Waals surface area contributed by atoms with Crippen LogP contribution in [0.4, 0.5) is 10.1 Å². The second-order valence-electron chi connectivity index (χ2n) is 3.86. The first-order chi connectivity index (χ1) is 9.15. The smallest absolute Gasteiger partial charge is 0.221 e. The molecule has 2 N–H and O–H groups in total. The van der Waals surface area contributed by atoms with Gasteiger partial charge in [0.05, 0.1) is 18.2 Å². The summed E-state index contributed by atoms with van der Waals surface area (Å²) < 4.78 is 17.9. The minimum absolute atomic E-state index is 0.110. The van der Waals surface area contributed by atoms with Crippen LogP contribution in [0.2, 0.25) is 0 Å². The summed E-state index contributed by atoms with van der Waals surface area (Å²) in [5.41, 5.74) is 0.730. The van der Waals surface area contributed by atoms with Gasteiger partial charge < -0.3 is 15.4 Å². The van der Waals surface area contributed by atoms with Crippen LogP contribution in [0.25, 0.3) is 0 Å². The first-order valence-corrected chi connectivity index (χ1v) is 5.86. The Bertz CT molecular complexity index is 471. The van der Waals surface area contributed by atoms with Gasteiger partial charge in [-0.05, 0) is 18.2 Å². The summed E-state index contributed by atoms with van der Waals surface area (Å²) in [7, 11) is 1.56. The Morgan fingerprint density at radius 1 is 1.42 bits per heavy atom. The van der Waals surface area contributed by atoms with Crippen LogP contribution >= 0.6 is 0 Å². The summed E-state index contributed by atoms with van der Waals surface area (Å²) in [4.78, 5) is 11.4. The highest BCUT2D eigenvalue weighted by Gasteiger charge is 2.02. The third kappa shape index (κ3) is 5.84. The SMILES string of the molecule is COCCNC(=O)CCNc1cc(F)cc(C#N)c1. The van der Waals surface area contributed by atoms with Gasteiger partial charge in [-0.2, -0.15) is 5.26 Å². The number of ether oxygens (including phenoxy) is 1. The Hall–Kier alpha value is -2.13. The van der Waals surface area contributed by atoms with Crippen molar-refractivity contribution >= 4 is 11.6 Å². The molecule has 0 spiro atoms. The molecule has 0 unspecified atom stereocenters. The monoisotopic (exact) mass is 265 g/mol. The van der Waals surface area contributed by atoms with Crippen molar-refractivity contribution in [2.45, 2.75) is 6.42 Å². The van der Waals surface area contributed by atoms with Crippen LogP contribution in [0.5, 0.6) is 0 Å². The number of nitrogens with one attached hydrogen (secondary N) is 2. The van der Waals surface area contributed by atoms with Gasteiger partial charge in [0.15, 0.2) is 0 Å². The Balaban J connectivity index is 2.35. The molecule has 102 valence electrons. The molecule has 0 radical (unpaired) electrons. The highest BCUT2D eigenvalue weighted by molar-refractivity contribution is 5.76. The van der Waals surface area contributed by atoms with Crippen LogP contribution in [-0.2, 0) is 9.53 Å². The fourth-order valence-electron chi connectivity index (χ4n) is 1.46. The van der Waals surface area contributed by atoms with E-state index in [1.165, 1.54) is 12.1 Å². The van der Waals surface area contributed by atoms with Gasteiger partial charge in [0.25, 0.3) is 0 Å². The van der Waals surface area contributed by atoms with Gasteiger partial charge in [0.2, 0.25) is 5.91 Å². The lowest BCUT2D eigenvalue weighted by Crippen LogP contribution is -2.28. The first-order valence-electron chi connectivity index (χ1n) is 5.86. The van der Waals surface area contributed by atoms with Crippen LogP contribution in [0, 0.1) is 17.1 Å². The molecule has 0 aromatic heterocycles. The number of hydrogen-bond donors (Lipinski definition) is 2. The molecule has 1 rings (SSSR count). The fourth-order valence-corrected chi connectivity index (χ4v) is 1.46. The number of benzene rings is 1. The van der Waals surface area contributed by atoms with E-state index in [1.807, 2.05) is 6.07 Å². The number of carbonyl (C=O) groups is 1. The van der Waals surface area contributed by atoms with Crippen molar-refractivity contribution in [1.29, 1.82) is 5.26 Å². The number of amides is 1. The van der Waals surface area contributed by atoms with E-state index in [0.717, 1.165) is 6.07 Å². The molecule has 0 saturated heterocycles. The molecule has 0 aliphatic rings. The van der Waals surface area contributed by atoms with Gasteiger partial charge in [0, 0.05) is 32.3 Å². The summed E-state index contributed by atoms with van der Waals surface area (Å²) in [5.74, 6) is -0.590. The van der Waals surface area contributed by atoms with Crippen molar-refractivity contribution in [2.24, 2.45) is 0 Å². The highest BCUT2D eigenvalue weighted by atomic mass is 19.1. The van der Waals surface area contributed by atoms with E-state index in [4.69, 9.17) is 10.00 Å². The number of hydrogen-bond acceptors (Lipinski definition) is 4. The predicted molar refractivity (Wildman–Crippen MR) is 69.1 cm³/mol. The zero-order valence-corrected chi connectivity index (χ0v) is 10.7. The van der Waals surface area contributed by atoms with Crippen molar-refractivity contribution in [3.63, 3.8) is 0 Å². The molecule has 1 amide bonds. The average Bonchev–Trinajstić information content (AvgIpc) is 2.38. The molecule has 0 saturated carbocycles. The molecule has 0 atom stereocenters. The zero-order valence-electron chi connectivity index (χ0n) is 10.7. The van der Waals surface area contributed by atoms with Gasteiger partial charge in [-0.15, -0.1) is 0 Å². The Labute approximate surface area is 111 Å². The number of nitriles is 1. The van der Waals surface area contributed by atoms with Crippen molar-refractivity contribution in [1.82, 2.24) is 5.32 Å². The van der Waals surface area contributed by atoms with E-state index in [-0.39, 0.29) is 17.9 Å². The van der Waals surface area contributed by atoms with Crippen LogP contribution in [-0.4, -0.2) is 32.7 Å². The lowest BCUT2D eigenvalue weighted by atomic mass is 10.2. The van der Waals surface area contributed by atoms with Gasteiger partial charge in [-0.3, -0.25) is 4.79 Å². The number of halogens is 1. The Morgan fingerprint density at radius 3 is 2.89 bits per heavy atom. The standard InChI is InChI=1S/C13H16FN3O2/c1-19-5-4-17-13(18)2-3-16-12-7-10(9-15)6-11(14)8-12/h6-8,16H,2-5H2,1H3,(H,17,18). The van der Waals surface area contributed by atoms with Crippen LogP contribution < -0.4 is 10.6 Å². The maximum absolute atomic E-state index is 13.1. The predicted octanol–water partition coefficient (Wildman–Crippen LogP) is 1.26. The number of nitrogens with zero attached hydrogens (tertiary/aromatic N) is 1. The molecular formula is C13H16FN3O2. The number of anilines is 1. The molecule has 19 heavy (non-hydrogen) atoms. The largest absolute Gasteiger partial charge is 0.384 e. The molecule has 0 fully saturated rings. The maximum Gasteiger partial charge on any atom is 0.221 e. The normalized spacial score (nSPS) is 9.74. The average molecular weight is 265 g/mol. The highest BCUT2D eigenvalue weighted by Crippen LogP contribution is 2.13. The summed E-state index contributed by atoms with van der Waals surface area (Å²) in [6.45, 7) is 1.30. The van der Waals surface area contributed by atoms with Gasteiger partial charge in [-0.1, -0.05) is 0 Å². The van der Waals surface area contributed by atoms with E-state index in [1.54, 1.807) is 7.11 Å². The summed E-state index contributed by atoms with van der Waals surface area (Å²) in [6, 6.07) is 5.84. The lowest BCUT2D eigenvalue weighted by Gasteiger charge is -2.07. The zero-order chi connectivity index (χ0) is 14.1. The van der Waals surface area contributed by atoms with E-state index in [0.29, 0.717) is 25.4 Å². The Morgan fingerprint density at radius 2 is 2.21 bits per heavy atom. The van der Waals surface area contributed by atoms with E-state index in [9.17, 15) is 9.18 Å². The van der Waals surface area contributed by atoms with Gasteiger partial charge in [0.1, 0.15) is 5.82 Å². The number of rotatable bonds is 7. The lowest BCUT2D eigenvalue weighted by molar-refractivity contribution is -0.121. The quantitative estimate of drug-likeness (QED) is 0.728. The van der Waals surface area contributed by atoms with Crippen molar-refractivity contribution in [3.05, 3.63) is 29.6 Å². The van der Waals surface area contributed by atoms with Crippen molar-refractivity contribution < 1.29 is 13.9 Å². The summed E-state index contributed by atoms with van der Waals surface area (Å²) in [5, 5.41) is 14.3. The molecule has 6 heteroatoms. The molecule has 1 aromatic rings. The van der Waals surface area contributed by atoms with Gasteiger partial charge in [-0.25, -0.2) is 4.39 Å². The summed E-state index contributed by atoms with van der Waals surface area (Å²) in [6.07, 6.45) is 0.266. The topological polar surface area (TPSA) is 74.2 Å². The molecule has 0 aliphatic carbocycles. The van der Waals surface area contributed by atoms with Crippen LogP contribution in [0.3, 0.4) is 0 Å².